The Balaban J connectivity index is 1.26. The molecule has 2 saturated carbocycles. The Morgan fingerprint density at radius 3 is 2.38 bits per heavy atom. The molecule has 3 unspecified atom stereocenters. The predicted octanol–water partition coefficient (Wildman–Crippen LogP) is 7.88. The molecular formula is C45H56N4O5S. The highest BCUT2D eigenvalue weighted by molar-refractivity contribution is 7.91. The number of likely N-dealkylation sites (N-methyl/N-ethyl adjacent to an activating group) is 1. The highest BCUT2D eigenvalue weighted by atomic mass is 32.2. The molecule has 4 aromatic rings. The summed E-state index contributed by atoms with van der Waals surface area (Å²) in [7, 11) is 1.86. The molecule has 3 heterocycles. The number of aromatic nitrogens is 1. The molecule has 3 fully saturated rings. The lowest BCUT2D eigenvalue weighted by atomic mass is 9.72. The number of carbonyl (C=O) groups excluding carboxylic acids is 2. The molecule has 2 amide bonds. The number of fused-ring (bicyclic) bond motifs is 5. The number of rotatable bonds is 10. The fourth-order valence-corrected chi connectivity index (χ4v) is 11.6. The van der Waals surface area contributed by atoms with E-state index in [0.29, 0.717) is 37.3 Å². The number of amides is 2. The van der Waals surface area contributed by atoms with Gasteiger partial charge in [0.25, 0.3) is 5.91 Å². The van der Waals surface area contributed by atoms with Gasteiger partial charge in [0.2, 0.25) is 15.9 Å². The fraction of sp³-hybridized carbons (Fsp3) is 0.511. The Bertz CT molecular complexity index is 2220. The number of carbonyl (C=O) groups is 2. The van der Waals surface area contributed by atoms with Gasteiger partial charge in [-0.3, -0.25) is 9.59 Å². The third kappa shape index (κ3) is 6.67. The number of methoxy groups -OCH3 is 1. The number of ether oxygens (including phenoxy) is 1. The quantitative estimate of drug-likeness (QED) is 0.177. The molecule has 292 valence electrons. The number of nitrogens with one attached hydrogen (secondary N) is 1. The number of nitrogens with zero attached hydrogens (tertiary/aromatic N) is 3. The van der Waals surface area contributed by atoms with Crippen molar-refractivity contribution in [3.63, 3.8) is 0 Å². The molecule has 3 aromatic carbocycles. The largest absolute Gasteiger partial charge is 0.497 e. The molecule has 0 spiro atoms. The monoisotopic (exact) mass is 764 g/mol. The summed E-state index contributed by atoms with van der Waals surface area (Å²) in [5, 5.41) is 1.07. The van der Waals surface area contributed by atoms with E-state index >= 15 is 4.79 Å². The lowest BCUT2D eigenvalue weighted by Crippen LogP contribution is -2.50. The lowest BCUT2D eigenvalue weighted by Gasteiger charge is -2.40. The highest BCUT2D eigenvalue weighted by Gasteiger charge is 2.55. The van der Waals surface area contributed by atoms with E-state index in [0.717, 1.165) is 90.7 Å². The van der Waals surface area contributed by atoms with E-state index in [1.54, 1.807) is 13.2 Å². The van der Waals surface area contributed by atoms with Crippen LogP contribution in [0.2, 0.25) is 0 Å². The summed E-state index contributed by atoms with van der Waals surface area (Å²) in [5.41, 5.74) is 5.86. The summed E-state index contributed by atoms with van der Waals surface area (Å²) >= 11 is 0. The van der Waals surface area contributed by atoms with Crippen molar-refractivity contribution < 1.29 is 22.7 Å². The first kappa shape index (κ1) is 37.8. The van der Waals surface area contributed by atoms with Crippen LogP contribution in [0.3, 0.4) is 0 Å². The first-order valence-electron chi connectivity index (χ1n) is 20.3. The number of hydrogen-bond donors (Lipinski definition) is 1. The molecule has 4 aliphatic rings. The third-order valence-electron chi connectivity index (χ3n) is 13.5. The molecule has 10 heteroatoms. The van der Waals surface area contributed by atoms with Crippen LogP contribution in [0.1, 0.15) is 111 Å². The summed E-state index contributed by atoms with van der Waals surface area (Å²) in [6, 6.07) is 21.7. The van der Waals surface area contributed by atoms with Gasteiger partial charge >= 0.3 is 0 Å². The van der Waals surface area contributed by atoms with Crippen LogP contribution in [-0.2, 0) is 27.8 Å². The van der Waals surface area contributed by atoms with Gasteiger partial charge in [-0.1, -0.05) is 62.6 Å². The van der Waals surface area contributed by atoms with Crippen LogP contribution in [0.4, 0.5) is 0 Å². The van der Waals surface area contributed by atoms with Crippen molar-refractivity contribution in [3.05, 3.63) is 89.0 Å². The summed E-state index contributed by atoms with van der Waals surface area (Å²) < 4.78 is 37.3. The van der Waals surface area contributed by atoms with Gasteiger partial charge in [0.15, 0.2) is 0 Å². The summed E-state index contributed by atoms with van der Waals surface area (Å²) in [5.74, 6) is 0.479. The van der Waals surface area contributed by atoms with Crippen molar-refractivity contribution in [2.75, 3.05) is 34.3 Å². The van der Waals surface area contributed by atoms with Crippen LogP contribution in [0.15, 0.2) is 66.7 Å². The maximum absolute atomic E-state index is 15.2. The van der Waals surface area contributed by atoms with E-state index in [9.17, 15) is 13.2 Å². The number of likely N-dealkylation sites (tertiary alicyclic amines) is 1. The first-order chi connectivity index (χ1) is 26.4. The maximum atomic E-state index is 15.2. The smallest absolute Gasteiger partial charge is 0.264 e. The van der Waals surface area contributed by atoms with Gasteiger partial charge in [-0.25, -0.2) is 13.1 Å². The molecule has 1 aromatic heterocycles. The number of benzene rings is 3. The molecule has 3 atom stereocenters. The Labute approximate surface area is 326 Å². The van der Waals surface area contributed by atoms with Crippen molar-refractivity contribution in [2.24, 2.45) is 5.41 Å². The van der Waals surface area contributed by atoms with Crippen molar-refractivity contribution in [2.45, 2.75) is 107 Å². The minimum Gasteiger partial charge on any atom is -0.497 e. The highest BCUT2D eigenvalue weighted by Crippen LogP contribution is 2.53. The van der Waals surface area contributed by atoms with Gasteiger partial charge in [-0.15, -0.1) is 0 Å². The van der Waals surface area contributed by atoms with Crippen LogP contribution in [0.25, 0.3) is 22.2 Å². The zero-order valence-corrected chi connectivity index (χ0v) is 33.9. The molecule has 0 radical (unpaired) electrons. The zero-order valence-electron chi connectivity index (χ0n) is 33.1. The fourth-order valence-electron chi connectivity index (χ4n) is 10.1. The second-order valence-electron chi connectivity index (χ2n) is 17.3. The van der Waals surface area contributed by atoms with Gasteiger partial charge in [0, 0.05) is 47.7 Å². The minimum absolute atomic E-state index is 0.143. The van der Waals surface area contributed by atoms with Crippen molar-refractivity contribution >= 4 is 32.7 Å². The molecule has 9 nitrogen and oxygen atoms in total. The molecule has 55 heavy (non-hydrogen) atoms. The molecule has 1 saturated heterocycles. The normalized spacial score (nSPS) is 23.6. The van der Waals surface area contributed by atoms with Crippen LogP contribution in [0.5, 0.6) is 5.75 Å². The molecule has 1 N–H and O–H groups in total. The molecular weight excluding hydrogens is 709 g/mol. The summed E-state index contributed by atoms with van der Waals surface area (Å²) in [4.78, 5) is 33.5. The van der Waals surface area contributed by atoms with Crippen LogP contribution < -0.4 is 9.46 Å². The second-order valence-corrected chi connectivity index (χ2v) is 19.4. The molecule has 8 rings (SSSR count). The van der Waals surface area contributed by atoms with Gasteiger partial charge in [-0.2, -0.15) is 0 Å². The first-order valence-corrected chi connectivity index (χ1v) is 21.7. The number of hydrogen-bond acceptors (Lipinski definition) is 6. The van der Waals surface area contributed by atoms with E-state index in [-0.39, 0.29) is 17.9 Å². The van der Waals surface area contributed by atoms with Crippen LogP contribution in [-0.4, -0.2) is 79.7 Å². The second kappa shape index (κ2) is 14.4. The van der Waals surface area contributed by atoms with Crippen molar-refractivity contribution in [3.8, 4) is 17.0 Å². The summed E-state index contributed by atoms with van der Waals surface area (Å²) in [6.45, 7) is 6.30. The Morgan fingerprint density at radius 1 is 0.945 bits per heavy atom. The van der Waals surface area contributed by atoms with E-state index in [2.05, 4.69) is 59.2 Å². The van der Waals surface area contributed by atoms with E-state index in [1.807, 2.05) is 48.5 Å². The van der Waals surface area contributed by atoms with Crippen LogP contribution >= 0.6 is 0 Å². The van der Waals surface area contributed by atoms with Gasteiger partial charge in [0.05, 0.1) is 23.0 Å². The van der Waals surface area contributed by atoms with E-state index < -0.39 is 26.1 Å². The maximum Gasteiger partial charge on any atom is 0.264 e. The average Bonchev–Trinajstić information content (AvgIpc) is 3.76. The zero-order chi connectivity index (χ0) is 38.7. The van der Waals surface area contributed by atoms with E-state index in [4.69, 9.17) is 4.74 Å². The Hall–Kier alpha value is -4.15. The molecule has 2 aliphatic carbocycles. The topological polar surface area (TPSA) is 101 Å². The SMILES string of the molecule is COc1ccc2c(c1)C(C)C(C)(C(=O)N1CCCC1CN(C)C)Cn1c-2c(C2CCCCC2)c2ccc(C(=O)NS(=O)(=O)C3(Cc4ccccc4)CC3)cc21. The van der Waals surface area contributed by atoms with Gasteiger partial charge in [-0.05, 0) is 125 Å². The average molecular weight is 765 g/mol. The van der Waals surface area contributed by atoms with Crippen LogP contribution in [0, 0.1) is 5.41 Å². The predicted molar refractivity (Wildman–Crippen MR) is 218 cm³/mol. The Kier molecular flexibility index (Phi) is 9.89. The van der Waals surface area contributed by atoms with Crippen molar-refractivity contribution in [1.29, 1.82) is 0 Å². The van der Waals surface area contributed by atoms with Crippen molar-refractivity contribution in [1.82, 2.24) is 19.1 Å². The standard InChI is InChI=1S/C45H56N4O5S/c1-30-38-26-35(54-5)19-21-36(38)41-40(32-15-10-7-11-16-32)37-20-18-33(42(50)46-55(52,53)45(22-23-45)27-31-13-8-6-9-14-31)25-39(37)49(41)29-44(30,2)43(51)48-24-12-17-34(48)28-47(3)4/h6,8-9,13-14,18-21,25-26,30,32,34H,7,10-12,15-17,22-24,27-29H2,1-5H3,(H,46,50). The molecule has 2 aliphatic heterocycles. The van der Waals surface area contributed by atoms with Gasteiger partial charge < -0.3 is 19.1 Å². The Morgan fingerprint density at radius 2 is 1.69 bits per heavy atom. The summed E-state index contributed by atoms with van der Waals surface area (Å²) in [6.07, 6.45) is 9.05. The van der Waals surface area contributed by atoms with E-state index in [1.165, 1.54) is 12.0 Å². The number of sulfonamides is 1. The minimum atomic E-state index is -3.96. The van der Waals surface area contributed by atoms with Gasteiger partial charge in [0.1, 0.15) is 5.75 Å². The third-order valence-corrected chi connectivity index (χ3v) is 15.6. The molecule has 0 bridgehead atoms. The lowest BCUT2D eigenvalue weighted by molar-refractivity contribution is -0.144.